The molecule has 19 heavy (non-hydrogen) atoms. The van der Waals surface area contributed by atoms with Gasteiger partial charge in [-0.05, 0) is 57.2 Å². The Labute approximate surface area is 123 Å². The van der Waals surface area contributed by atoms with Gasteiger partial charge in [0.15, 0.2) is 0 Å². The Morgan fingerprint density at radius 3 is 2.53 bits per heavy atom. The first-order valence-electron chi connectivity index (χ1n) is 7.50. The summed E-state index contributed by atoms with van der Waals surface area (Å²) in [5.41, 5.74) is 4.52. The van der Waals surface area contributed by atoms with Crippen LogP contribution in [0.4, 0.5) is 0 Å². The molecule has 0 saturated heterocycles. The van der Waals surface area contributed by atoms with E-state index in [-0.39, 0.29) is 0 Å². The summed E-state index contributed by atoms with van der Waals surface area (Å²) >= 11 is 1.96. The van der Waals surface area contributed by atoms with Crippen LogP contribution < -0.4 is 0 Å². The fourth-order valence-corrected chi connectivity index (χ4v) is 3.53. The van der Waals surface area contributed by atoms with Crippen molar-refractivity contribution in [2.24, 2.45) is 0 Å². The molecule has 0 aliphatic heterocycles. The second kappa shape index (κ2) is 8.37. The quantitative estimate of drug-likeness (QED) is 0.395. The standard InChI is InChI=1S/C18H28S/c1-6-8-10-11-13-17-15(4)16(5)19-18(17)14(3)12-9-7-2/h7,9,12H,6,8,10-11,13H2,1-5H3/b9-7-,14-12+. The number of hydrogen-bond donors (Lipinski definition) is 0. The van der Waals surface area contributed by atoms with E-state index >= 15 is 0 Å². The first-order chi connectivity index (χ1) is 9.11. The van der Waals surface area contributed by atoms with Crippen LogP contribution in [0, 0.1) is 13.8 Å². The maximum absolute atomic E-state index is 2.29. The molecule has 1 aromatic heterocycles. The summed E-state index contributed by atoms with van der Waals surface area (Å²) in [5, 5.41) is 0. The van der Waals surface area contributed by atoms with E-state index in [0.29, 0.717) is 0 Å². The minimum absolute atomic E-state index is 1.24. The average molecular weight is 276 g/mol. The van der Waals surface area contributed by atoms with Crippen molar-refractivity contribution in [1.82, 2.24) is 0 Å². The molecule has 1 rings (SSSR count). The summed E-state index contributed by atoms with van der Waals surface area (Å²) in [7, 11) is 0. The number of allylic oxidation sites excluding steroid dienone is 4. The van der Waals surface area contributed by atoms with Crippen molar-refractivity contribution in [3.63, 3.8) is 0 Å². The molecule has 0 aromatic carbocycles. The average Bonchev–Trinajstić information content (AvgIpc) is 2.69. The molecule has 0 unspecified atom stereocenters. The topological polar surface area (TPSA) is 0 Å². The van der Waals surface area contributed by atoms with Gasteiger partial charge < -0.3 is 0 Å². The zero-order valence-corrected chi connectivity index (χ0v) is 14.0. The van der Waals surface area contributed by atoms with Gasteiger partial charge in [0.25, 0.3) is 0 Å². The summed E-state index contributed by atoms with van der Waals surface area (Å²) in [5.74, 6) is 0. The molecule has 1 heteroatoms. The molecule has 0 atom stereocenters. The molecular weight excluding hydrogens is 248 g/mol. The maximum atomic E-state index is 2.29. The lowest BCUT2D eigenvalue weighted by Gasteiger charge is -2.06. The van der Waals surface area contributed by atoms with Crippen molar-refractivity contribution < 1.29 is 0 Å². The van der Waals surface area contributed by atoms with Crippen molar-refractivity contribution in [3.05, 3.63) is 39.1 Å². The van der Waals surface area contributed by atoms with E-state index in [1.54, 1.807) is 5.56 Å². The molecule has 0 N–H and O–H groups in total. The molecule has 0 aliphatic rings. The molecule has 0 nitrogen and oxygen atoms in total. The highest BCUT2D eigenvalue weighted by Gasteiger charge is 2.13. The fraction of sp³-hybridized carbons (Fsp3) is 0.556. The van der Waals surface area contributed by atoms with E-state index in [1.807, 2.05) is 11.3 Å². The van der Waals surface area contributed by atoms with Gasteiger partial charge in [-0.15, -0.1) is 11.3 Å². The Kier molecular flexibility index (Phi) is 7.15. The van der Waals surface area contributed by atoms with Crippen molar-refractivity contribution in [3.8, 4) is 0 Å². The molecule has 0 amide bonds. The molecule has 0 fully saturated rings. The Hall–Kier alpha value is -0.820. The first-order valence-corrected chi connectivity index (χ1v) is 8.32. The van der Waals surface area contributed by atoms with Gasteiger partial charge in [0, 0.05) is 9.75 Å². The smallest absolute Gasteiger partial charge is 0.0337 e. The highest BCUT2D eigenvalue weighted by atomic mass is 32.1. The van der Waals surface area contributed by atoms with Gasteiger partial charge >= 0.3 is 0 Å². The highest BCUT2D eigenvalue weighted by molar-refractivity contribution is 7.13. The van der Waals surface area contributed by atoms with Crippen molar-refractivity contribution >= 4 is 16.9 Å². The van der Waals surface area contributed by atoms with E-state index in [2.05, 4.69) is 52.8 Å². The normalized spacial score (nSPS) is 12.6. The van der Waals surface area contributed by atoms with E-state index in [4.69, 9.17) is 0 Å². The lowest BCUT2D eigenvalue weighted by molar-refractivity contribution is 0.666. The Balaban J connectivity index is 2.89. The second-order valence-corrected chi connectivity index (χ2v) is 6.50. The first kappa shape index (κ1) is 16.2. The van der Waals surface area contributed by atoms with Gasteiger partial charge in [-0.2, -0.15) is 0 Å². The van der Waals surface area contributed by atoms with Crippen LogP contribution in [0.25, 0.3) is 5.57 Å². The largest absolute Gasteiger partial charge is 0.140 e. The molecule has 0 spiro atoms. The van der Waals surface area contributed by atoms with Gasteiger partial charge in [0.05, 0.1) is 0 Å². The number of hydrogen-bond acceptors (Lipinski definition) is 1. The van der Waals surface area contributed by atoms with Crippen LogP contribution >= 0.6 is 11.3 Å². The lowest BCUT2D eigenvalue weighted by atomic mass is 9.99. The van der Waals surface area contributed by atoms with Crippen LogP contribution in [0.15, 0.2) is 18.2 Å². The van der Waals surface area contributed by atoms with E-state index in [9.17, 15) is 0 Å². The predicted molar refractivity (Wildman–Crippen MR) is 90.1 cm³/mol. The van der Waals surface area contributed by atoms with Crippen LogP contribution in [-0.4, -0.2) is 0 Å². The number of unbranched alkanes of at least 4 members (excludes halogenated alkanes) is 3. The number of rotatable bonds is 7. The van der Waals surface area contributed by atoms with Crippen LogP contribution in [0.1, 0.15) is 67.3 Å². The minimum atomic E-state index is 1.24. The van der Waals surface area contributed by atoms with E-state index < -0.39 is 0 Å². The van der Waals surface area contributed by atoms with Gasteiger partial charge in [0.2, 0.25) is 0 Å². The summed E-state index contributed by atoms with van der Waals surface area (Å²) in [4.78, 5) is 2.98. The minimum Gasteiger partial charge on any atom is -0.140 e. The molecular formula is C18H28S. The van der Waals surface area contributed by atoms with Gasteiger partial charge in [0.1, 0.15) is 0 Å². The summed E-state index contributed by atoms with van der Waals surface area (Å²) in [6.45, 7) is 11.1. The molecule has 0 saturated carbocycles. The van der Waals surface area contributed by atoms with Gasteiger partial charge in [-0.3, -0.25) is 0 Å². The van der Waals surface area contributed by atoms with Crippen molar-refractivity contribution in [2.75, 3.05) is 0 Å². The molecule has 0 bridgehead atoms. The Morgan fingerprint density at radius 1 is 1.16 bits per heavy atom. The van der Waals surface area contributed by atoms with Gasteiger partial charge in [-0.1, -0.05) is 44.4 Å². The van der Waals surface area contributed by atoms with Gasteiger partial charge in [-0.25, -0.2) is 0 Å². The zero-order valence-electron chi connectivity index (χ0n) is 13.2. The van der Waals surface area contributed by atoms with Crippen LogP contribution in [-0.2, 0) is 6.42 Å². The van der Waals surface area contributed by atoms with Crippen molar-refractivity contribution in [1.29, 1.82) is 0 Å². The predicted octanol–water partition coefficient (Wildman–Crippen LogP) is 6.47. The van der Waals surface area contributed by atoms with E-state index in [0.717, 1.165) is 0 Å². The maximum Gasteiger partial charge on any atom is 0.0337 e. The van der Waals surface area contributed by atoms with Crippen LogP contribution in [0.3, 0.4) is 0 Å². The third kappa shape index (κ3) is 4.65. The van der Waals surface area contributed by atoms with Crippen LogP contribution in [0.5, 0.6) is 0 Å². The van der Waals surface area contributed by atoms with Crippen LogP contribution in [0.2, 0.25) is 0 Å². The SMILES string of the molecule is C/C=C\C=C(/C)c1sc(C)c(C)c1CCCCCC. The summed E-state index contributed by atoms with van der Waals surface area (Å²) in [6.07, 6.45) is 13.1. The zero-order chi connectivity index (χ0) is 14.3. The summed E-state index contributed by atoms with van der Waals surface area (Å²) in [6, 6.07) is 0. The fourth-order valence-electron chi connectivity index (χ4n) is 2.34. The number of aryl methyl sites for hydroxylation is 1. The molecule has 106 valence electrons. The molecule has 1 aromatic rings. The monoisotopic (exact) mass is 276 g/mol. The Bertz CT molecular complexity index is 447. The third-order valence-corrected chi connectivity index (χ3v) is 5.07. The molecule has 0 radical (unpaired) electrons. The summed E-state index contributed by atoms with van der Waals surface area (Å²) < 4.78 is 0. The number of thiophene rings is 1. The highest BCUT2D eigenvalue weighted by Crippen LogP contribution is 2.34. The Morgan fingerprint density at radius 2 is 1.89 bits per heavy atom. The molecule has 1 heterocycles. The molecule has 0 aliphatic carbocycles. The second-order valence-electron chi connectivity index (χ2n) is 5.28. The van der Waals surface area contributed by atoms with Crippen molar-refractivity contribution in [2.45, 2.75) is 66.7 Å². The third-order valence-electron chi connectivity index (χ3n) is 3.69. The van der Waals surface area contributed by atoms with E-state index in [1.165, 1.54) is 53.0 Å². The lowest BCUT2D eigenvalue weighted by Crippen LogP contribution is -1.91.